The number of halogens is 3. The average Bonchev–Trinajstić information content (AvgIpc) is 2.58. The van der Waals surface area contributed by atoms with E-state index < -0.39 is 18.4 Å². The monoisotopic (exact) mass is 289 g/mol. The van der Waals surface area contributed by atoms with Gasteiger partial charge >= 0.3 is 6.18 Å². The van der Waals surface area contributed by atoms with Crippen molar-refractivity contribution < 1.29 is 22.6 Å². The average molecular weight is 289 g/mol. The molecule has 0 fully saturated rings. The molecule has 0 amide bonds. The second-order valence-corrected chi connectivity index (χ2v) is 5.30. The first-order chi connectivity index (χ1) is 9.30. The lowest BCUT2D eigenvalue weighted by molar-refractivity contribution is -0.173. The van der Waals surface area contributed by atoms with E-state index in [9.17, 15) is 13.2 Å². The molecule has 2 rings (SSSR count). The molecule has 1 aliphatic rings. The van der Waals surface area contributed by atoms with Crippen molar-refractivity contribution >= 4 is 0 Å². The topological polar surface area (TPSA) is 30.5 Å². The Bertz CT molecular complexity index is 460. The van der Waals surface area contributed by atoms with Gasteiger partial charge in [0.25, 0.3) is 0 Å². The van der Waals surface area contributed by atoms with Gasteiger partial charge in [0.05, 0.1) is 12.6 Å². The smallest absolute Gasteiger partial charge is 0.411 e. The van der Waals surface area contributed by atoms with Crippen molar-refractivity contribution in [2.24, 2.45) is 0 Å². The molecule has 1 aliphatic heterocycles. The third-order valence-corrected chi connectivity index (χ3v) is 3.16. The lowest BCUT2D eigenvalue weighted by Crippen LogP contribution is -2.40. The first kappa shape index (κ1) is 15.1. The molecule has 0 saturated carbocycles. The number of benzene rings is 1. The molecule has 3 nitrogen and oxygen atoms in total. The van der Waals surface area contributed by atoms with Crippen LogP contribution in [0.1, 0.15) is 25.5 Å². The molecule has 6 heteroatoms. The zero-order chi connectivity index (χ0) is 14.8. The van der Waals surface area contributed by atoms with Gasteiger partial charge in [-0.2, -0.15) is 13.2 Å². The van der Waals surface area contributed by atoms with E-state index in [-0.39, 0.29) is 12.6 Å². The largest absolute Gasteiger partial charge is 0.486 e. The maximum absolute atomic E-state index is 11.9. The predicted molar refractivity (Wildman–Crippen MR) is 68.8 cm³/mol. The number of nitrogens with one attached hydrogen (secondary N) is 1. The van der Waals surface area contributed by atoms with Gasteiger partial charge in [0.2, 0.25) is 0 Å². The quantitative estimate of drug-likeness (QED) is 0.845. The summed E-state index contributed by atoms with van der Waals surface area (Å²) in [6, 6.07) is 7.59. The SMILES string of the molecule is CC1(C)Oc2ccccc2C1NCCOCC(F)(F)F. The zero-order valence-electron chi connectivity index (χ0n) is 11.5. The standard InChI is InChI=1S/C14H18F3NO2/c1-13(2)12(10-5-3-4-6-11(10)20-13)18-7-8-19-9-14(15,16)17/h3-6,12,18H,7-9H2,1-2H3. The maximum atomic E-state index is 11.9. The Labute approximate surface area is 116 Å². The number of hydrogen-bond acceptors (Lipinski definition) is 3. The van der Waals surface area contributed by atoms with Crippen molar-refractivity contribution in [1.29, 1.82) is 0 Å². The summed E-state index contributed by atoms with van der Waals surface area (Å²) in [7, 11) is 0. The van der Waals surface area contributed by atoms with Gasteiger partial charge in [0.1, 0.15) is 18.0 Å². The Morgan fingerprint density at radius 1 is 1.30 bits per heavy atom. The van der Waals surface area contributed by atoms with Gasteiger partial charge in [-0.1, -0.05) is 18.2 Å². The van der Waals surface area contributed by atoms with Crippen molar-refractivity contribution in [3.63, 3.8) is 0 Å². The predicted octanol–water partition coefficient (Wildman–Crippen LogP) is 3.07. The van der Waals surface area contributed by atoms with Crippen LogP contribution >= 0.6 is 0 Å². The lowest BCUT2D eigenvalue weighted by atomic mass is 9.94. The molecule has 0 saturated heterocycles. The third kappa shape index (κ3) is 3.64. The number of fused-ring (bicyclic) bond motifs is 1. The van der Waals surface area contributed by atoms with Crippen LogP contribution in [-0.4, -0.2) is 31.5 Å². The van der Waals surface area contributed by atoms with Gasteiger partial charge in [0.15, 0.2) is 0 Å². The van der Waals surface area contributed by atoms with Gasteiger partial charge in [0, 0.05) is 12.1 Å². The Kier molecular flexibility index (Phi) is 4.25. The van der Waals surface area contributed by atoms with Crippen LogP contribution in [-0.2, 0) is 4.74 Å². The number of alkyl halides is 3. The Balaban J connectivity index is 1.86. The minimum Gasteiger partial charge on any atom is -0.486 e. The van der Waals surface area contributed by atoms with Gasteiger partial charge in [-0.3, -0.25) is 0 Å². The molecule has 0 bridgehead atoms. The molecule has 1 unspecified atom stereocenters. The molecule has 1 aromatic carbocycles. The first-order valence-corrected chi connectivity index (χ1v) is 6.45. The van der Waals surface area contributed by atoms with Crippen molar-refractivity contribution in [1.82, 2.24) is 5.32 Å². The summed E-state index contributed by atoms with van der Waals surface area (Å²) in [5.41, 5.74) is 0.585. The van der Waals surface area contributed by atoms with Gasteiger partial charge in [-0.05, 0) is 19.9 Å². The van der Waals surface area contributed by atoms with Crippen LogP contribution in [0.2, 0.25) is 0 Å². The van der Waals surface area contributed by atoms with E-state index in [1.807, 2.05) is 38.1 Å². The summed E-state index contributed by atoms with van der Waals surface area (Å²) in [5, 5.41) is 3.20. The van der Waals surface area contributed by atoms with Crippen molar-refractivity contribution in [3.05, 3.63) is 29.8 Å². The van der Waals surface area contributed by atoms with Crippen LogP contribution in [0.3, 0.4) is 0 Å². The van der Waals surface area contributed by atoms with Gasteiger partial charge < -0.3 is 14.8 Å². The minimum atomic E-state index is -4.28. The highest BCUT2D eigenvalue weighted by molar-refractivity contribution is 5.42. The van der Waals surface area contributed by atoms with Crippen molar-refractivity contribution in [2.75, 3.05) is 19.8 Å². The minimum absolute atomic E-state index is 0.00819. The molecule has 0 radical (unpaired) electrons. The van der Waals surface area contributed by atoms with Gasteiger partial charge in [-0.15, -0.1) is 0 Å². The first-order valence-electron chi connectivity index (χ1n) is 6.45. The summed E-state index contributed by atoms with van der Waals surface area (Å²) in [6.07, 6.45) is -4.28. The van der Waals surface area contributed by atoms with Crippen molar-refractivity contribution in [3.8, 4) is 5.75 Å². The molecule has 0 spiro atoms. The lowest BCUT2D eigenvalue weighted by Gasteiger charge is -2.27. The molecular weight excluding hydrogens is 271 g/mol. The maximum Gasteiger partial charge on any atom is 0.411 e. The second kappa shape index (κ2) is 5.61. The zero-order valence-corrected chi connectivity index (χ0v) is 11.5. The number of hydrogen-bond donors (Lipinski definition) is 1. The summed E-state index contributed by atoms with van der Waals surface area (Å²) >= 11 is 0. The number of para-hydroxylation sites is 1. The van der Waals surface area contributed by atoms with Crippen LogP contribution < -0.4 is 10.1 Å². The summed E-state index contributed by atoms with van der Waals surface area (Å²) in [5.74, 6) is 0.811. The molecule has 1 heterocycles. The molecule has 0 aliphatic carbocycles. The third-order valence-electron chi connectivity index (χ3n) is 3.16. The number of rotatable bonds is 5. The van der Waals surface area contributed by atoms with E-state index in [1.165, 1.54) is 0 Å². The molecule has 112 valence electrons. The fourth-order valence-electron chi connectivity index (χ4n) is 2.35. The molecule has 20 heavy (non-hydrogen) atoms. The van der Waals surface area contributed by atoms with E-state index in [2.05, 4.69) is 10.1 Å². The number of ether oxygens (including phenoxy) is 2. The fourth-order valence-corrected chi connectivity index (χ4v) is 2.35. The van der Waals surface area contributed by atoms with E-state index in [0.717, 1.165) is 11.3 Å². The molecule has 0 aromatic heterocycles. The van der Waals surface area contributed by atoms with Crippen LogP contribution in [0, 0.1) is 0 Å². The highest BCUT2D eigenvalue weighted by Gasteiger charge is 2.40. The van der Waals surface area contributed by atoms with Crippen LogP contribution in [0.5, 0.6) is 5.75 Å². The summed E-state index contributed by atoms with van der Waals surface area (Å²) in [6.45, 7) is 3.02. The Hall–Kier alpha value is -1.27. The fraction of sp³-hybridized carbons (Fsp3) is 0.571. The van der Waals surface area contributed by atoms with Crippen LogP contribution in [0.4, 0.5) is 13.2 Å². The molecular formula is C14H18F3NO2. The van der Waals surface area contributed by atoms with E-state index >= 15 is 0 Å². The normalized spacial score (nSPS) is 20.6. The highest BCUT2D eigenvalue weighted by atomic mass is 19.4. The molecule has 1 atom stereocenters. The Morgan fingerprint density at radius 2 is 2.00 bits per heavy atom. The van der Waals surface area contributed by atoms with Gasteiger partial charge in [-0.25, -0.2) is 0 Å². The van der Waals surface area contributed by atoms with E-state index in [4.69, 9.17) is 4.74 Å². The molecule has 1 N–H and O–H groups in total. The molecule has 1 aromatic rings. The van der Waals surface area contributed by atoms with E-state index in [0.29, 0.717) is 6.54 Å². The second-order valence-electron chi connectivity index (χ2n) is 5.30. The van der Waals surface area contributed by atoms with E-state index in [1.54, 1.807) is 0 Å². The van der Waals surface area contributed by atoms with Crippen LogP contribution in [0.15, 0.2) is 24.3 Å². The highest BCUT2D eigenvalue weighted by Crippen LogP contribution is 2.42. The van der Waals surface area contributed by atoms with Crippen LogP contribution in [0.25, 0.3) is 0 Å². The van der Waals surface area contributed by atoms with Crippen molar-refractivity contribution in [2.45, 2.75) is 31.7 Å². The Morgan fingerprint density at radius 3 is 2.70 bits per heavy atom. The summed E-state index contributed by atoms with van der Waals surface area (Å²) in [4.78, 5) is 0. The summed E-state index contributed by atoms with van der Waals surface area (Å²) < 4.78 is 46.2.